The van der Waals surface area contributed by atoms with E-state index in [9.17, 15) is 14.4 Å². The average Bonchev–Trinajstić information content (AvgIpc) is 2.27. The molecule has 0 saturated heterocycles. The molecule has 18 heavy (non-hydrogen) atoms. The topological polar surface area (TPSA) is 119 Å². The van der Waals surface area contributed by atoms with E-state index in [0.717, 1.165) is 0 Å². The minimum atomic E-state index is -1.26. The molecule has 0 bridgehead atoms. The Hall–Kier alpha value is -2.15. The van der Waals surface area contributed by atoms with Crippen LogP contribution < -0.4 is 10.7 Å². The second-order valence-electron chi connectivity index (χ2n) is 3.77. The lowest BCUT2D eigenvalue weighted by atomic mass is 10.2. The van der Waals surface area contributed by atoms with Gasteiger partial charge in [-0.15, -0.1) is 0 Å². The molecule has 0 aliphatic heterocycles. The lowest BCUT2D eigenvalue weighted by molar-refractivity contribution is -0.139. The second kappa shape index (κ2) is 5.97. The Balaban J connectivity index is 2.87. The number of pyridine rings is 1. The van der Waals surface area contributed by atoms with E-state index in [1.54, 1.807) is 6.92 Å². The Kier molecular flexibility index (Phi) is 4.61. The highest BCUT2D eigenvalue weighted by molar-refractivity contribution is 5.96. The van der Waals surface area contributed by atoms with E-state index in [-0.39, 0.29) is 18.6 Å². The zero-order chi connectivity index (χ0) is 13.7. The maximum atomic E-state index is 11.7. The van der Waals surface area contributed by atoms with E-state index in [1.165, 1.54) is 12.3 Å². The molecule has 1 aromatic rings. The van der Waals surface area contributed by atoms with Crippen LogP contribution in [0, 0.1) is 6.92 Å². The number of hydrogen-bond donors (Lipinski definition) is 4. The molecule has 0 saturated carbocycles. The zero-order valence-corrected chi connectivity index (χ0v) is 9.77. The van der Waals surface area contributed by atoms with Crippen LogP contribution in [-0.4, -0.2) is 39.7 Å². The van der Waals surface area contributed by atoms with Crippen molar-refractivity contribution in [2.45, 2.75) is 19.4 Å². The number of H-pyrrole nitrogens is 1. The summed E-state index contributed by atoms with van der Waals surface area (Å²) in [4.78, 5) is 36.7. The van der Waals surface area contributed by atoms with Gasteiger partial charge in [0.05, 0.1) is 0 Å². The number of amides is 1. The second-order valence-corrected chi connectivity index (χ2v) is 3.77. The van der Waals surface area contributed by atoms with Gasteiger partial charge in [0.25, 0.3) is 5.91 Å². The minimum Gasteiger partial charge on any atom is -0.480 e. The highest BCUT2D eigenvalue weighted by Crippen LogP contribution is 1.96. The minimum absolute atomic E-state index is 0.120. The van der Waals surface area contributed by atoms with Crippen LogP contribution in [0.1, 0.15) is 22.5 Å². The van der Waals surface area contributed by atoms with Crippen LogP contribution in [0.5, 0.6) is 0 Å². The molecule has 0 aromatic carbocycles. The number of nitrogens with one attached hydrogen (secondary N) is 2. The number of carbonyl (C=O) groups excluding carboxylic acids is 1. The van der Waals surface area contributed by atoms with E-state index in [4.69, 9.17) is 10.2 Å². The van der Waals surface area contributed by atoms with Crippen molar-refractivity contribution in [3.05, 3.63) is 33.7 Å². The normalized spacial score (nSPS) is 11.9. The number of hydrogen-bond acceptors (Lipinski definition) is 4. The summed E-state index contributed by atoms with van der Waals surface area (Å²) < 4.78 is 0. The van der Waals surface area contributed by atoms with Gasteiger partial charge < -0.3 is 20.5 Å². The van der Waals surface area contributed by atoms with Crippen molar-refractivity contribution >= 4 is 11.9 Å². The summed E-state index contributed by atoms with van der Waals surface area (Å²) >= 11 is 0. The van der Waals surface area contributed by atoms with Gasteiger partial charge in [-0.2, -0.15) is 0 Å². The van der Waals surface area contributed by atoms with Gasteiger partial charge in [0.15, 0.2) is 5.43 Å². The Labute approximate surface area is 102 Å². The molecule has 0 aliphatic carbocycles. The van der Waals surface area contributed by atoms with Crippen LogP contribution in [0.4, 0.5) is 0 Å². The van der Waals surface area contributed by atoms with Gasteiger partial charge in [0.2, 0.25) is 0 Å². The SMILES string of the molecule is Cc1cc(=O)c(C(=O)N[C@@H](CCO)C(=O)O)c[nH]1. The maximum Gasteiger partial charge on any atom is 0.326 e. The predicted molar refractivity (Wildman–Crippen MR) is 62.4 cm³/mol. The number of rotatable bonds is 5. The Morgan fingerprint density at radius 3 is 2.67 bits per heavy atom. The maximum absolute atomic E-state index is 11.7. The van der Waals surface area contributed by atoms with Gasteiger partial charge in [0.1, 0.15) is 11.6 Å². The smallest absolute Gasteiger partial charge is 0.326 e. The molecule has 1 atom stereocenters. The summed E-state index contributed by atoms with van der Waals surface area (Å²) in [5, 5.41) is 19.7. The molecule has 1 heterocycles. The van der Waals surface area contributed by atoms with Crippen molar-refractivity contribution in [1.29, 1.82) is 0 Å². The number of aryl methyl sites for hydroxylation is 1. The Bertz CT molecular complexity index is 508. The van der Waals surface area contributed by atoms with Crippen LogP contribution in [0.15, 0.2) is 17.1 Å². The van der Waals surface area contributed by atoms with Crippen molar-refractivity contribution in [3.63, 3.8) is 0 Å². The van der Waals surface area contributed by atoms with Crippen LogP contribution in [0.25, 0.3) is 0 Å². The van der Waals surface area contributed by atoms with E-state index >= 15 is 0 Å². The van der Waals surface area contributed by atoms with Gasteiger partial charge in [-0.3, -0.25) is 9.59 Å². The van der Waals surface area contributed by atoms with E-state index < -0.39 is 23.3 Å². The van der Waals surface area contributed by atoms with Gasteiger partial charge in [0, 0.05) is 31.0 Å². The van der Waals surface area contributed by atoms with E-state index in [2.05, 4.69) is 10.3 Å². The van der Waals surface area contributed by atoms with E-state index in [0.29, 0.717) is 5.69 Å². The highest BCUT2D eigenvalue weighted by Gasteiger charge is 2.21. The number of aliphatic hydroxyl groups excluding tert-OH is 1. The number of aliphatic carboxylic acids is 1. The fourth-order valence-electron chi connectivity index (χ4n) is 1.37. The summed E-state index contributed by atoms with van der Waals surface area (Å²) in [5.74, 6) is -2.04. The number of aliphatic hydroxyl groups is 1. The fourth-order valence-corrected chi connectivity index (χ4v) is 1.37. The summed E-state index contributed by atoms with van der Waals surface area (Å²) in [6.07, 6.45) is 1.11. The highest BCUT2D eigenvalue weighted by atomic mass is 16.4. The molecule has 1 aromatic heterocycles. The molecule has 98 valence electrons. The summed E-state index contributed by atoms with van der Waals surface area (Å²) in [7, 11) is 0. The summed E-state index contributed by atoms with van der Waals surface area (Å²) in [6, 6.07) is 0.0275. The van der Waals surface area contributed by atoms with Crippen LogP contribution in [0.2, 0.25) is 0 Å². The van der Waals surface area contributed by atoms with Crippen LogP contribution in [0.3, 0.4) is 0 Å². The predicted octanol–water partition coefficient (Wildman–Crippen LogP) is -0.751. The molecule has 1 amide bonds. The first kappa shape index (κ1) is 13.9. The Morgan fingerprint density at radius 2 is 2.17 bits per heavy atom. The fraction of sp³-hybridized carbons (Fsp3) is 0.364. The molecule has 0 unspecified atom stereocenters. The molecule has 7 nitrogen and oxygen atoms in total. The third-order valence-corrected chi connectivity index (χ3v) is 2.32. The van der Waals surface area contributed by atoms with Crippen molar-refractivity contribution < 1.29 is 19.8 Å². The molecule has 0 spiro atoms. The van der Waals surface area contributed by atoms with Crippen LogP contribution in [-0.2, 0) is 4.79 Å². The quantitative estimate of drug-likeness (QED) is 0.551. The van der Waals surface area contributed by atoms with Crippen molar-refractivity contribution in [2.75, 3.05) is 6.61 Å². The monoisotopic (exact) mass is 254 g/mol. The number of aromatic amines is 1. The first-order valence-corrected chi connectivity index (χ1v) is 5.29. The molecular weight excluding hydrogens is 240 g/mol. The third kappa shape index (κ3) is 3.42. The van der Waals surface area contributed by atoms with Gasteiger partial charge in [-0.1, -0.05) is 0 Å². The standard InChI is InChI=1S/C11H14N2O5/c1-6-4-9(15)7(5-12-6)10(16)13-8(2-3-14)11(17)18/h4-5,8,14H,2-3H2,1H3,(H,12,15)(H,13,16)(H,17,18)/t8-/m0/s1. The number of carbonyl (C=O) groups is 2. The lowest BCUT2D eigenvalue weighted by Gasteiger charge is -2.12. The molecule has 0 fully saturated rings. The first-order valence-electron chi connectivity index (χ1n) is 5.29. The van der Waals surface area contributed by atoms with Gasteiger partial charge in [-0.05, 0) is 6.92 Å². The van der Waals surface area contributed by atoms with Crippen LogP contribution >= 0.6 is 0 Å². The van der Waals surface area contributed by atoms with Gasteiger partial charge >= 0.3 is 5.97 Å². The lowest BCUT2D eigenvalue weighted by Crippen LogP contribution is -2.42. The van der Waals surface area contributed by atoms with Crippen molar-refractivity contribution in [3.8, 4) is 0 Å². The number of aromatic nitrogens is 1. The summed E-state index contributed by atoms with van der Waals surface area (Å²) in [5.41, 5.74) is -0.0524. The number of carboxylic acids is 1. The van der Waals surface area contributed by atoms with Crippen molar-refractivity contribution in [2.24, 2.45) is 0 Å². The first-order chi connectivity index (χ1) is 8.45. The summed E-state index contributed by atoms with van der Waals surface area (Å²) in [6.45, 7) is 1.29. The molecule has 7 heteroatoms. The molecule has 0 aliphatic rings. The molecule has 0 radical (unpaired) electrons. The molecule has 1 rings (SSSR count). The van der Waals surface area contributed by atoms with Gasteiger partial charge in [-0.25, -0.2) is 4.79 Å². The molecular formula is C11H14N2O5. The largest absolute Gasteiger partial charge is 0.480 e. The Morgan fingerprint density at radius 1 is 1.50 bits per heavy atom. The average molecular weight is 254 g/mol. The number of carboxylic acid groups (broad SMARTS) is 1. The molecule has 4 N–H and O–H groups in total. The van der Waals surface area contributed by atoms with Crippen molar-refractivity contribution in [1.82, 2.24) is 10.3 Å². The third-order valence-electron chi connectivity index (χ3n) is 2.32. The van der Waals surface area contributed by atoms with E-state index in [1.807, 2.05) is 0 Å². The zero-order valence-electron chi connectivity index (χ0n) is 9.77.